The number of amides is 1. The van der Waals surface area contributed by atoms with E-state index in [9.17, 15) is 4.79 Å². The van der Waals surface area contributed by atoms with Gasteiger partial charge in [-0.25, -0.2) is 0 Å². The van der Waals surface area contributed by atoms with Crippen molar-refractivity contribution in [1.82, 2.24) is 20.0 Å². The molecule has 2 heterocycles. The second-order valence-corrected chi connectivity index (χ2v) is 5.15. The van der Waals surface area contributed by atoms with E-state index in [1.54, 1.807) is 10.9 Å². The van der Waals surface area contributed by atoms with Gasteiger partial charge in [-0.3, -0.25) is 9.48 Å². The Morgan fingerprint density at radius 2 is 2.22 bits per heavy atom. The van der Waals surface area contributed by atoms with E-state index in [-0.39, 0.29) is 5.91 Å². The lowest BCUT2D eigenvalue weighted by molar-refractivity contribution is 0.0762. The average molecular weight is 250 g/mol. The van der Waals surface area contributed by atoms with Gasteiger partial charge in [0.1, 0.15) is 0 Å². The predicted octanol–water partition coefficient (Wildman–Crippen LogP) is 0.800. The topological polar surface area (TPSA) is 50.2 Å². The molecule has 2 rings (SSSR count). The number of hydrogen-bond donors (Lipinski definition) is 1. The van der Waals surface area contributed by atoms with Gasteiger partial charge in [-0.05, 0) is 38.8 Å². The summed E-state index contributed by atoms with van der Waals surface area (Å²) in [4.78, 5) is 14.1. The fraction of sp³-hybridized carbons (Fsp3) is 0.692. The summed E-state index contributed by atoms with van der Waals surface area (Å²) in [6.07, 6.45) is 3.98. The Kier molecular flexibility index (Phi) is 4.01. The molecule has 0 atom stereocenters. The smallest absolute Gasteiger partial charge is 0.257 e. The molecule has 0 saturated carbocycles. The van der Waals surface area contributed by atoms with Crippen molar-refractivity contribution < 1.29 is 4.79 Å². The molecule has 100 valence electrons. The van der Waals surface area contributed by atoms with E-state index in [2.05, 4.69) is 10.4 Å². The molecule has 1 aromatic rings. The van der Waals surface area contributed by atoms with E-state index in [0.717, 1.165) is 38.2 Å². The van der Waals surface area contributed by atoms with Crippen LogP contribution in [-0.4, -0.2) is 47.3 Å². The third-order valence-electron chi connectivity index (χ3n) is 3.80. The maximum absolute atomic E-state index is 12.3. The first-order chi connectivity index (χ1) is 8.59. The van der Waals surface area contributed by atoms with Crippen LogP contribution in [0.25, 0.3) is 0 Å². The molecule has 0 bridgehead atoms. The summed E-state index contributed by atoms with van der Waals surface area (Å²) >= 11 is 0. The molecule has 18 heavy (non-hydrogen) atoms. The van der Waals surface area contributed by atoms with Crippen LogP contribution in [0, 0.1) is 12.8 Å². The molecule has 1 aliphatic heterocycles. The van der Waals surface area contributed by atoms with Gasteiger partial charge in [0.25, 0.3) is 5.91 Å². The largest absolute Gasteiger partial charge is 0.341 e. The van der Waals surface area contributed by atoms with Gasteiger partial charge in [0.05, 0.1) is 11.8 Å². The number of carbonyl (C=O) groups is 1. The van der Waals surface area contributed by atoms with Crippen LogP contribution < -0.4 is 5.32 Å². The van der Waals surface area contributed by atoms with Gasteiger partial charge in [-0.2, -0.15) is 5.10 Å². The molecule has 0 aliphatic carbocycles. The molecular formula is C13H22N4O. The maximum atomic E-state index is 12.3. The Labute approximate surface area is 108 Å². The molecule has 5 heteroatoms. The Morgan fingerprint density at radius 1 is 1.56 bits per heavy atom. The molecule has 0 aromatic carbocycles. The first kappa shape index (κ1) is 13.1. The summed E-state index contributed by atoms with van der Waals surface area (Å²) < 4.78 is 1.74. The fourth-order valence-electron chi connectivity index (χ4n) is 2.45. The Hall–Kier alpha value is -1.36. The number of rotatable bonds is 3. The van der Waals surface area contributed by atoms with Crippen molar-refractivity contribution in [3.05, 3.63) is 17.5 Å². The summed E-state index contributed by atoms with van der Waals surface area (Å²) in [5.74, 6) is 0.705. The second kappa shape index (κ2) is 5.52. The fourth-order valence-corrected chi connectivity index (χ4v) is 2.45. The molecule has 0 unspecified atom stereocenters. The molecule has 1 saturated heterocycles. The van der Waals surface area contributed by atoms with E-state index in [0.29, 0.717) is 11.5 Å². The summed E-state index contributed by atoms with van der Waals surface area (Å²) in [7, 11) is 3.75. The highest BCUT2D eigenvalue weighted by Gasteiger charge is 2.21. The van der Waals surface area contributed by atoms with Gasteiger partial charge in [0, 0.05) is 26.3 Å². The monoisotopic (exact) mass is 250 g/mol. The predicted molar refractivity (Wildman–Crippen MR) is 70.5 cm³/mol. The molecule has 1 aliphatic rings. The number of carbonyl (C=O) groups excluding carboxylic acids is 1. The number of aryl methyl sites for hydroxylation is 1. The average Bonchev–Trinajstić information content (AvgIpc) is 2.70. The SMILES string of the molecule is Cc1c(C(=O)N(C)CC2CCNCC2)cnn1C. The van der Waals surface area contributed by atoms with Crippen molar-refractivity contribution in [2.75, 3.05) is 26.7 Å². The standard InChI is InChI=1S/C13H22N4O/c1-10-12(8-15-17(10)3)13(18)16(2)9-11-4-6-14-7-5-11/h8,11,14H,4-7,9H2,1-3H3. The van der Waals surface area contributed by atoms with Crippen LogP contribution in [0.5, 0.6) is 0 Å². The Morgan fingerprint density at radius 3 is 2.78 bits per heavy atom. The minimum Gasteiger partial charge on any atom is -0.341 e. The van der Waals surface area contributed by atoms with Crippen LogP contribution >= 0.6 is 0 Å². The zero-order valence-corrected chi connectivity index (χ0v) is 11.4. The Balaban J connectivity index is 1.98. The molecule has 1 aromatic heterocycles. The molecule has 5 nitrogen and oxygen atoms in total. The first-order valence-electron chi connectivity index (χ1n) is 6.54. The van der Waals surface area contributed by atoms with Crippen molar-refractivity contribution in [1.29, 1.82) is 0 Å². The minimum atomic E-state index is 0.0825. The number of piperidine rings is 1. The summed E-state index contributed by atoms with van der Waals surface area (Å²) in [5.41, 5.74) is 1.64. The molecule has 1 N–H and O–H groups in total. The number of nitrogens with zero attached hydrogens (tertiary/aromatic N) is 3. The van der Waals surface area contributed by atoms with Gasteiger partial charge >= 0.3 is 0 Å². The zero-order valence-electron chi connectivity index (χ0n) is 11.4. The van der Waals surface area contributed by atoms with Crippen molar-refractivity contribution in [2.45, 2.75) is 19.8 Å². The van der Waals surface area contributed by atoms with E-state index >= 15 is 0 Å². The maximum Gasteiger partial charge on any atom is 0.257 e. The summed E-state index contributed by atoms with van der Waals surface area (Å²) in [6, 6.07) is 0. The quantitative estimate of drug-likeness (QED) is 0.863. The normalized spacial score (nSPS) is 16.8. The lowest BCUT2D eigenvalue weighted by atomic mass is 9.97. The van der Waals surface area contributed by atoms with E-state index in [1.807, 2.05) is 25.9 Å². The van der Waals surface area contributed by atoms with Crippen LogP contribution in [0.15, 0.2) is 6.20 Å². The minimum absolute atomic E-state index is 0.0825. The third-order valence-corrected chi connectivity index (χ3v) is 3.80. The summed E-state index contributed by atoms with van der Waals surface area (Å²) in [6.45, 7) is 4.91. The van der Waals surface area contributed by atoms with Crippen LogP contribution in [0.1, 0.15) is 28.9 Å². The number of aromatic nitrogens is 2. The van der Waals surface area contributed by atoms with E-state index in [1.165, 1.54) is 0 Å². The highest BCUT2D eigenvalue weighted by atomic mass is 16.2. The third kappa shape index (κ3) is 2.72. The zero-order chi connectivity index (χ0) is 13.1. The van der Waals surface area contributed by atoms with Crippen molar-refractivity contribution in [2.24, 2.45) is 13.0 Å². The van der Waals surface area contributed by atoms with Gasteiger partial charge in [0.15, 0.2) is 0 Å². The summed E-state index contributed by atoms with van der Waals surface area (Å²) in [5, 5.41) is 7.47. The van der Waals surface area contributed by atoms with Crippen molar-refractivity contribution >= 4 is 5.91 Å². The lowest BCUT2D eigenvalue weighted by Gasteiger charge is -2.27. The van der Waals surface area contributed by atoms with Gasteiger partial charge in [-0.15, -0.1) is 0 Å². The van der Waals surface area contributed by atoms with Gasteiger partial charge in [0.2, 0.25) is 0 Å². The van der Waals surface area contributed by atoms with Gasteiger partial charge < -0.3 is 10.2 Å². The molecule has 0 spiro atoms. The first-order valence-corrected chi connectivity index (χ1v) is 6.54. The lowest BCUT2D eigenvalue weighted by Crippen LogP contribution is -2.37. The van der Waals surface area contributed by atoms with Crippen LogP contribution in [-0.2, 0) is 7.05 Å². The van der Waals surface area contributed by atoms with E-state index < -0.39 is 0 Å². The second-order valence-electron chi connectivity index (χ2n) is 5.15. The van der Waals surface area contributed by atoms with Crippen LogP contribution in [0.4, 0.5) is 0 Å². The number of hydrogen-bond acceptors (Lipinski definition) is 3. The highest BCUT2D eigenvalue weighted by Crippen LogP contribution is 2.15. The number of nitrogens with one attached hydrogen (secondary N) is 1. The molecule has 1 fully saturated rings. The van der Waals surface area contributed by atoms with Crippen molar-refractivity contribution in [3.8, 4) is 0 Å². The van der Waals surface area contributed by atoms with Crippen LogP contribution in [0.2, 0.25) is 0 Å². The highest BCUT2D eigenvalue weighted by molar-refractivity contribution is 5.94. The molecular weight excluding hydrogens is 228 g/mol. The van der Waals surface area contributed by atoms with Crippen LogP contribution in [0.3, 0.4) is 0 Å². The Bertz CT molecular complexity index is 421. The molecule has 0 radical (unpaired) electrons. The molecule has 1 amide bonds. The van der Waals surface area contributed by atoms with E-state index in [4.69, 9.17) is 0 Å². The van der Waals surface area contributed by atoms with Crippen molar-refractivity contribution in [3.63, 3.8) is 0 Å². The van der Waals surface area contributed by atoms with Gasteiger partial charge in [-0.1, -0.05) is 0 Å².